The molecule has 104 valence electrons. The number of rotatable bonds is 2. The first-order valence-corrected chi connectivity index (χ1v) is 6.26. The van der Waals surface area contributed by atoms with Crippen LogP contribution in [0.25, 0.3) is 11.0 Å². The third-order valence-corrected chi connectivity index (χ3v) is 3.46. The van der Waals surface area contributed by atoms with Crippen molar-refractivity contribution in [2.24, 2.45) is 0 Å². The summed E-state index contributed by atoms with van der Waals surface area (Å²) < 4.78 is 5.44. The van der Waals surface area contributed by atoms with Crippen molar-refractivity contribution in [1.29, 1.82) is 0 Å². The number of para-hydroxylation sites is 1. The molecule has 1 saturated heterocycles. The van der Waals surface area contributed by atoms with Crippen molar-refractivity contribution in [1.82, 2.24) is 4.90 Å². The molecule has 6 heteroatoms. The number of hydrogen-bond donors (Lipinski definition) is 2. The average molecular weight is 275 g/mol. The van der Waals surface area contributed by atoms with Crippen LogP contribution in [0.15, 0.2) is 34.7 Å². The number of aliphatic hydroxyl groups excluding tert-OH is 1. The molecule has 1 aromatic heterocycles. The quantitative estimate of drug-likeness (QED) is 0.856. The monoisotopic (exact) mass is 275 g/mol. The minimum absolute atomic E-state index is 0.00679. The number of aliphatic carboxylic acids is 1. The van der Waals surface area contributed by atoms with Crippen LogP contribution in [0, 0.1) is 0 Å². The number of benzene rings is 1. The number of hydrogen-bond acceptors (Lipinski definition) is 4. The Kier molecular flexibility index (Phi) is 2.94. The van der Waals surface area contributed by atoms with Crippen LogP contribution in [0.3, 0.4) is 0 Å². The number of fused-ring (bicyclic) bond motifs is 1. The zero-order valence-electron chi connectivity index (χ0n) is 10.5. The predicted octanol–water partition coefficient (Wildman–Crippen LogP) is 1.09. The van der Waals surface area contributed by atoms with Gasteiger partial charge >= 0.3 is 5.97 Å². The number of carbonyl (C=O) groups is 2. The van der Waals surface area contributed by atoms with E-state index in [1.54, 1.807) is 18.2 Å². The summed E-state index contributed by atoms with van der Waals surface area (Å²) >= 11 is 0. The Morgan fingerprint density at radius 1 is 1.30 bits per heavy atom. The van der Waals surface area contributed by atoms with E-state index < -0.39 is 24.0 Å². The largest absolute Gasteiger partial charge is 0.480 e. The number of nitrogens with zero attached hydrogens (tertiary/aromatic N) is 1. The highest BCUT2D eigenvalue weighted by atomic mass is 16.4. The normalized spacial score (nSPS) is 22.4. The van der Waals surface area contributed by atoms with Gasteiger partial charge in [-0.2, -0.15) is 0 Å². The number of aliphatic hydroxyl groups is 1. The number of carbonyl (C=O) groups excluding carboxylic acids is 1. The van der Waals surface area contributed by atoms with Gasteiger partial charge in [-0.25, -0.2) is 4.79 Å². The average Bonchev–Trinajstić information content (AvgIpc) is 3.01. The standard InChI is InChI=1S/C14H13NO5/c16-9-6-10(14(18)19)15(7-9)13(17)12-5-8-3-1-2-4-11(8)20-12/h1-5,9-10,16H,6-7H2,(H,18,19). The molecule has 6 nitrogen and oxygen atoms in total. The number of furan rings is 1. The number of amides is 1. The molecule has 1 aromatic carbocycles. The molecule has 20 heavy (non-hydrogen) atoms. The molecular formula is C14H13NO5. The van der Waals surface area contributed by atoms with E-state index in [9.17, 15) is 14.7 Å². The molecule has 2 atom stereocenters. The van der Waals surface area contributed by atoms with E-state index in [1.807, 2.05) is 12.1 Å². The highest BCUT2D eigenvalue weighted by Gasteiger charge is 2.40. The zero-order valence-corrected chi connectivity index (χ0v) is 10.5. The van der Waals surface area contributed by atoms with Gasteiger partial charge in [-0.1, -0.05) is 18.2 Å². The molecule has 0 spiro atoms. The van der Waals surface area contributed by atoms with Crippen molar-refractivity contribution in [3.05, 3.63) is 36.1 Å². The molecule has 1 aliphatic rings. The Balaban J connectivity index is 1.93. The molecule has 2 heterocycles. The maximum absolute atomic E-state index is 12.3. The Hall–Kier alpha value is -2.34. The smallest absolute Gasteiger partial charge is 0.326 e. The SMILES string of the molecule is O=C(O)C1CC(O)CN1C(=O)c1cc2ccccc2o1. The van der Waals surface area contributed by atoms with Crippen molar-refractivity contribution in [2.75, 3.05) is 6.54 Å². The third-order valence-electron chi connectivity index (χ3n) is 3.46. The van der Waals surface area contributed by atoms with Crippen molar-refractivity contribution in [3.63, 3.8) is 0 Å². The topological polar surface area (TPSA) is 91.0 Å². The fourth-order valence-electron chi connectivity index (χ4n) is 2.50. The molecule has 1 amide bonds. The minimum atomic E-state index is -1.12. The Morgan fingerprint density at radius 3 is 2.75 bits per heavy atom. The lowest BCUT2D eigenvalue weighted by atomic mass is 10.2. The lowest BCUT2D eigenvalue weighted by Crippen LogP contribution is -2.40. The first-order valence-electron chi connectivity index (χ1n) is 6.26. The maximum Gasteiger partial charge on any atom is 0.326 e. The molecule has 1 fully saturated rings. The van der Waals surface area contributed by atoms with E-state index in [0.717, 1.165) is 10.3 Å². The van der Waals surface area contributed by atoms with Crippen LogP contribution >= 0.6 is 0 Å². The van der Waals surface area contributed by atoms with Crippen molar-refractivity contribution in [3.8, 4) is 0 Å². The molecule has 0 bridgehead atoms. The van der Waals surface area contributed by atoms with Crippen LogP contribution in [0.4, 0.5) is 0 Å². The van der Waals surface area contributed by atoms with Crippen molar-refractivity contribution < 1.29 is 24.2 Å². The van der Waals surface area contributed by atoms with E-state index >= 15 is 0 Å². The van der Waals surface area contributed by atoms with Crippen molar-refractivity contribution >= 4 is 22.8 Å². The van der Waals surface area contributed by atoms with Crippen LogP contribution in [-0.2, 0) is 4.79 Å². The second-order valence-corrected chi connectivity index (χ2v) is 4.85. The lowest BCUT2D eigenvalue weighted by Gasteiger charge is -2.19. The van der Waals surface area contributed by atoms with Crippen LogP contribution < -0.4 is 0 Å². The molecule has 2 N–H and O–H groups in total. The highest BCUT2D eigenvalue weighted by Crippen LogP contribution is 2.24. The van der Waals surface area contributed by atoms with E-state index in [0.29, 0.717) is 5.58 Å². The lowest BCUT2D eigenvalue weighted by molar-refractivity contribution is -0.141. The van der Waals surface area contributed by atoms with Gasteiger partial charge in [0.15, 0.2) is 5.76 Å². The summed E-state index contributed by atoms with van der Waals surface area (Å²) in [7, 11) is 0. The zero-order chi connectivity index (χ0) is 14.3. The summed E-state index contributed by atoms with van der Waals surface area (Å²) in [5.74, 6) is -1.54. The van der Waals surface area contributed by atoms with Gasteiger partial charge in [0.2, 0.25) is 0 Å². The molecule has 0 aliphatic carbocycles. The molecule has 2 unspecified atom stereocenters. The Labute approximate surface area is 114 Å². The minimum Gasteiger partial charge on any atom is -0.480 e. The number of carboxylic acids is 1. The fourth-order valence-corrected chi connectivity index (χ4v) is 2.50. The first kappa shape index (κ1) is 12.7. The number of β-amino-alcohol motifs (C(OH)–C–C–N with tert-alkyl or cyclic N) is 1. The van der Waals surface area contributed by atoms with Gasteiger partial charge in [-0.3, -0.25) is 4.79 Å². The summed E-state index contributed by atoms with van der Waals surface area (Å²) in [4.78, 5) is 24.6. The van der Waals surface area contributed by atoms with E-state index in [2.05, 4.69) is 0 Å². The van der Waals surface area contributed by atoms with Crippen LogP contribution in [0.5, 0.6) is 0 Å². The fraction of sp³-hybridized carbons (Fsp3) is 0.286. The second kappa shape index (κ2) is 4.64. The third kappa shape index (κ3) is 2.04. The van der Waals surface area contributed by atoms with Gasteiger partial charge in [-0.05, 0) is 12.1 Å². The molecule has 3 rings (SSSR count). The van der Waals surface area contributed by atoms with Crippen LogP contribution in [0.1, 0.15) is 17.0 Å². The first-order chi connectivity index (χ1) is 9.56. The highest BCUT2D eigenvalue weighted by molar-refractivity contribution is 5.98. The summed E-state index contributed by atoms with van der Waals surface area (Å²) in [5, 5.41) is 19.4. The van der Waals surface area contributed by atoms with Crippen LogP contribution in [-0.4, -0.2) is 45.7 Å². The molecule has 1 aliphatic heterocycles. The van der Waals surface area contributed by atoms with Gasteiger partial charge in [0.1, 0.15) is 11.6 Å². The Bertz CT molecular complexity index is 644. The van der Waals surface area contributed by atoms with Crippen LogP contribution in [0.2, 0.25) is 0 Å². The Morgan fingerprint density at radius 2 is 2.05 bits per heavy atom. The van der Waals surface area contributed by atoms with E-state index in [4.69, 9.17) is 9.52 Å². The summed E-state index contributed by atoms with van der Waals surface area (Å²) in [6.45, 7) is 0.00679. The maximum atomic E-state index is 12.3. The van der Waals surface area contributed by atoms with Gasteiger partial charge in [0.25, 0.3) is 5.91 Å². The summed E-state index contributed by atoms with van der Waals surface area (Å²) in [5.41, 5.74) is 0.572. The summed E-state index contributed by atoms with van der Waals surface area (Å²) in [6.07, 6.45) is -0.772. The van der Waals surface area contributed by atoms with E-state index in [-0.39, 0.29) is 18.7 Å². The van der Waals surface area contributed by atoms with Gasteiger partial charge < -0.3 is 19.5 Å². The van der Waals surface area contributed by atoms with Crippen molar-refractivity contribution in [2.45, 2.75) is 18.6 Å². The molecular weight excluding hydrogens is 262 g/mol. The number of likely N-dealkylation sites (tertiary alicyclic amines) is 1. The number of carboxylic acid groups (broad SMARTS) is 1. The van der Waals surface area contributed by atoms with Gasteiger partial charge in [0.05, 0.1) is 6.10 Å². The van der Waals surface area contributed by atoms with Gasteiger partial charge in [0, 0.05) is 18.4 Å². The predicted molar refractivity (Wildman–Crippen MR) is 69.3 cm³/mol. The molecule has 2 aromatic rings. The van der Waals surface area contributed by atoms with E-state index in [1.165, 1.54) is 0 Å². The van der Waals surface area contributed by atoms with Gasteiger partial charge in [-0.15, -0.1) is 0 Å². The second-order valence-electron chi connectivity index (χ2n) is 4.85. The molecule has 0 radical (unpaired) electrons. The molecule has 0 saturated carbocycles. The summed E-state index contributed by atoms with van der Waals surface area (Å²) in [6, 6.07) is 7.74.